The van der Waals surface area contributed by atoms with Crippen molar-refractivity contribution in [2.24, 2.45) is 0 Å². The van der Waals surface area contributed by atoms with Crippen LogP contribution in [0.3, 0.4) is 0 Å². The van der Waals surface area contributed by atoms with Gasteiger partial charge in [0.05, 0.1) is 31.1 Å². The number of carbonyl (C=O) groups excluding carboxylic acids is 2. The van der Waals surface area contributed by atoms with E-state index in [9.17, 15) is 14.7 Å². The molecule has 0 saturated carbocycles. The summed E-state index contributed by atoms with van der Waals surface area (Å²) in [6.07, 6.45) is 2.52. The number of nitrogens with zero attached hydrogens (tertiary/aromatic N) is 1. The highest BCUT2D eigenvalue weighted by Crippen LogP contribution is 2.34. The van der Waals surface area contributed by atoms with E-state index in [4.69, 9.17) is 21.7 Å². The first-order valence-corrected chi connectivity index (χ1v) is 8.44. The largest absolute Gasteiger partial charge is 0.548 e. The summed E-state index contributed by atoms with van der Waals surface area (Å²) >= 11 is 6.09. The third-order valence-electron chi connectivity index (χ3n) is 3.11. The molecule has 8 heteroatoms. The van der Waals surface area contributed by atoms with Crippen molar-refractivity contribution in [2.75, 3.05) is 20.3 Å². The Bertz CT molecular complexity index is 702. The van der Waals surface area contributed by atoms with E-state index in [0.29, 0.717) is 23.0 Å². The average Bonchev–Trinajstić information content (AvgIpc) is 2.80. The number of ether oxygens (including phenoxy) is 2. The van der Waals surface area contributed by atoms with E-state index in [0.717, 1.165) is 28.6 Å². The first kappa shape index (κ1) is 18.3. The maximum absolute atomic E-state index is 12.2. The lowest BCUT2D eigenvalue weighted by Gasteiger charge is -2.14. The van der Waals surface area contributed by atoms with Crippen LogP contribution in [-0.2, 0) is 9.59 Å². The van der Waals surface area contributed by atoms with Crippen LogP contribution in [0.25, 0.3) is 6.08 Å². The Morgan fingerprint density at radius 2 is 2.17 bits per heavy atom. The van der Waals surface area contributed by atoms with E-state index in [1.54, 1.807) is 24.3 Å². The van der Waals surface area contributed by atoms with Gasteiger partial charge >= 0.3 is 0 Å². The second kappa shape index (κ2) is 8.16. The van der Waals surface area contributed by atoms with Crippen molar-refractivity contribution >= 4 is 46.3 Å². The second-order valence-corrected chi connectivity index (χ2v) is 6.57. The van der Waals surface area contributed by atoms with E-state index in [2.05, 4.69) is 0 Å². The molecule has 1 aliphatic heterocycles. The van der Waals surface area contributed by atoms with Crippen LogP contribution >= 0.6 is 24.0 Å². The third kappa shape index (κ3) is 4.27. The monoisotopic (exact) mass is 366 g/mol. The van der Waals surface area contributed by atoms with Crippen LogP contribution in [-0.4, -0.2) is 41.4 Å². The number of hydrogen-bond acceptors (Lipinski definition) is 7. The van der Waals surface area contributed by atoms with E-state index in [1.165, 1.54) is 7.11 Å². The first-order chi connectivity index (χ1) is 11.5. The van der Waals surface area contributed by atoms with Crippen molar-refractivity contribution in [1.29, 1.82) is 0 Å². The Labute approximate surface area is 149 Å². The van der Waals surface area contributed by atoms with Crippen molar-refractivity contribution in [3.8, 4) is 11.5 Å². The Balaban J connectivity index is 2.23. The van der Waals surface area contributed by atoms with Gasteiger partial charge in [-0.3, -0.25) is 9.69 Å². The maximum atomic E-state index is 12.2. The number of aliphatic carboxylic acids is 1. The minimum atomic E-state index is -1.35. The molecule has 1 saturated heterocycles. The maximum Gasteiger partial charge on any atom is 0.266 e. The summed E-state index contributed by atoms with van der Waals surface area (Å²) in [4.78, 5) is 24.3. The quantitative estimate of drug-likeness (QED) is 0.534. The minimum Gasteiger partial charge on any atom is -0.548 e. The molecule has 0 spiro atoms. The van der Waals surface area contributed by atoms with Gasteiger partial charge in [-0.2, -0.15) is 0 Å². The predicted octanol–water partition coefficient (Wildman–Crippen LogP) is 1.44. The summed E-state index contributed by atoms with van der Waals surface area (Å²) in [6, 6.07) is 5.30. The van der Waals surface area contributed by atoms with Gasteiger partial charge in [-0.25, -0.2) is 0 Å². The predicted molar refractivity (Wildman–Crippen MR) is 93.7 cm³/mol. The average molecular weight is 366 g/mol. The first-order valence-electron chi connectivity index (χ1n) is 7.22. The molecule has 1 heterocycles. The normalized spacial score (nSPS) is 15.9. The summed E-state index contributed by atoms with van der Waals surface area (Å²) in [5, 5.41) is 10.7. The van der Waals surface area contributed by atoms with Crippen LogP contribution in [0.4, 0.5) is 0 Å². The molecular formula is C16H16NO5S2-. The zero-order valence-corrected chi connectivity index (χ0v) is 14.9. The number of benzene rings is 1. The molecule has 0 radical (unpaired) electrons. The summed E-state index contributed by atoms with van der Waals surface area (Å²) in [6.45, 7) is 2.04. The SMILES string of the molecule is CCCOc1ccc(C=C2SC(=S)N(CC(=O)[O-])C2=O)cc1OC. The Morgan fingerprint density at radius 3 is 2.79 bits per heavy atom. The van der Waals surface area contributed by atoms with Crippen LogP contribution in [0.2, 0.25) is 0 Å². The van der Waals surface area contributed by atoms with Gasteiger partial charge in [0.15, 0.2) is 11.5 Å². The summed E-state index contributed by atoms with van der Waals surface area (Å²) < 4.78 is 11.1. The lowest BCUT2D eigenvalue weighted by atomic mass is 10.2. The smallest absolute Gasteiger partial charge is 0.266 e. The molecule has 2 rings (SSSR count). The number of thiocarbonyl (C=S) groups is 1. The van der Waals surface area contributed by atoms with Crippen LogP contribution in [0.1, 0.15) is 18.9 Å². The molecule has 1 fully saturated rings. The van der Waals surface area contributed by atoms with Gasteiger partial charge < -0.3 is 19.4 Å². The van der Waals surface area contributed by atoms with Crippen molar-refractivity contribution in [3.63, 3.8) is 0 Å². The van der Waals surface area contributed by atoms with Crippen molar-refractivity contribution < 1.29 is 24.2 Å². The van der Waals surface area contributed by atoms with Gasteiger partial charge in [0, 0.05) is 0 Å². The molecule has 0 bridgehead atoms. The van der Waals surface area contributed by atoms with Crippen molar-refractivity contribution in [3.05, 3.63) is 28.7 Å². The molecular weight excluding hydrogens is 350 g/mol. The molecule has 1 aromatic carbocycles. The fourth-order valence-electron chi connectivity index (χ4n) is 2.02. The standard InChI is InChI=1S/C16H17NO5S2/c1-3-6-22-11-5-4-10(7-12(11)21-2)8-13-15(20)17(9-14(18)19)16(23)24-13/h4-5,7-8H,3,6,9H2,1-2H3,(H,18,19)/p-1. The van der Waals surface area contributed by atoms with E-state index >= 15 is 0 Å². The highest BCUT2D eigenvalue weighted by molar-refractivity contribution is 8.26. The fourth-order valence-corrected chi connectivity index (χ4v) is 3.28. The molecule has 1 aliphatic rings. The molecule has 0 aromatic heterocycles. The number of amides is 1. The molecule has 0 unspecified atom stereocenters. The molecule has 1 amide bonds. The van der Waals surface area contributed by atoms with E-state index in [-0.39, 0.29) is 4.32 Å². The molecule has 0 N–H and O–H groups in total. The zero-order chi connectivity index (χ0) is 17.7. The molecule has 0 aliphatic carbocycles. The fraction of sp³-hybridized carbons (Fsp3) is 0.312. The lowest BCUT2D eigenvalue weighted by Crippen LogP contribution is -2.40. The third-order valence-corrected chi connectivity index (χ3v) is 4.49. The van der Waals surface area contributed by atoms with Crippen LogP contribution in [0, 0.1) is 0 Å². The van der Waals surface area contributed by atoms with Gasteiger partial charge in [0.1, 0.15) is 4.32 Å². The topological polar surface area (TPSA) is 78.9 Å². The van der Waals surface area contributed by atoms with Crippen LogP contribution < -0.4 is 14.6 Å². The highest BCUT2D eigenvalue weighted by Gasteiger charge is 2.31. The number of thioether (sulfide) groups is 1. The zero-order valence-electron chi connectivity index (χ0n) is 13.2. The van der Waals surface area contributed by atoms with Gasteiger partial charge in [-0.1, -0.05) is 37.0 Å². The number of methoxy groups -OCH3 is 1. The number of carbonyl (C=O) groups is 2. The van der Waals surface area contributed by atoms with Crippen LogP contribution in [0.15, 0.2) is 23.1 Å². The van der Waals surface area contributed by atoms with Gasteiger partial charge in [0.25, 0.3) is 5.91 Å². The number of hydrogen-bond donors (Lipinski definition) is 0. The van der Waals surface area contributed by atoms with Crippen molar-refractivity contribution in [1.82, 2.24) is 4.90 Å². The Morgan fingerprint density at radius 1 is 1.42 bits per heavy atom. The minimum absolute atomic E-state index is 0.199. The molecule has 24 heavy (non-hydrogen) atoms. The lowest BCUT2D eigenvalue weighted by molar-refractivity contribution is -0.305. The highest BCUT2D eigenvalue weighted by atomic mass is 32.2. The second-order valence-electron chi connectivity index (χ2n) is 4.90. The summed E-state index contributed by atoms with van der Waals surface area (Å²) in [5.41, 5.74) is 0.727. The van der Waals surface area contributed by atoms with E-state index in [1.807, 2.05) is 6.92 Å². The Kier molecular flexibility index (Phi) is 6.22. The van der Waals surface area contributed by atoms with Crippen LogP contribution in [0.5, 0.6) is 11.5 Å². The number of rotatable bonds is 7. The van der Waals surface area contributed by atoms with Gasteiger partial charge in [0.2, 0.25) is 0 Å². The molecule has 0 atom stereocenters. The number of carboxylic acid groups (broad SMARTS) is 1. The molecule has 128 valence electrons. The van der Waals surface area contributed by atoms with Gasteiger partial charge in [-0.15, -0.1) is 0 Å². The summed E-state index contributed by atoms with van der Waals surface area (Å²) in [7, 11) is 1.54. The van der Waals surface area contributed by atoms with Gasteiger partial charge in [-0.05, 0) is 30.2 Å². The Hall–Kier alpha value is -2.06. The summed E-state index contributed by atoms with van der Waals surface area (Å²) in [5.74, 6) is -0.616. The van der Waals surface area contributed by atoms with Crippen molar-refractivity contribution in [2.45, 2.75) is 13.3 Å². The van der Waals surface area contributed by atoms with E-state index < -0.39 is 18.4 Å². The number of carboxylic acids is 1. The molecule has 1 aromatic rings. The molecule has 6 nitrogen and oxygen atoms in total.